The van der Waals surface area contributed by atoms with E-state index in [1.165, 1.54) is 38.5 Å². The van der Waals surface area contributed by atoms with Crippen LogP contribution < -0.4 is 0 Å². The maximum atomic E-state index is 2.46. The van der Waals surface area contributed by atoms with Crippen LogP contribution in [-0.4, -0.2) is 0 Å². The molecule has 1 fully saturated rings. The Kier molecular flexibility index (Phi) is 3.82. The van der Waals surface area contributed by atoms with Crippen LogP contribution >= 0.6 is 0 Å². The summed E-state index contributed by atoms with van der Waals surface area (Å²) in [6.45, 7) is 9.49. The molecule has 0 aromatic carbocycles. The summed E-state index contributed by atoms with van der Waals surface area (Å²) in [5.74, 6) is 2.02. The standard InChI is InChI=1S/C13H26/c1-5-11(3)8-7-9-12-10-13(12,4)6-2/h11-12H,5-10H2,1-4H3. The van der Waals surface area contributed by atoms with Crippen molar-refractivity contribution in [1.82, 2.24) is 0 Å². The van der Waals surface area contributed by atoms with Gasteiger partial charge < -0.3 is 0 Å². The maximum Gasteiger partial charge on any atom is -0.0297 e. The molecule has 0 heteroatoms. The molecule has 0 bridgehead atoms. The molecule has 0 N–H and O–H groups in total. The Hall–Kier alpha value is 0. The number of hydrogen-bond donors (Lipinski definition) is 0. The van der Waals surface area contributed by atoms with Crippen molar-refractivity contribution in [3.8, 4) is 0 Å². The molecule has 13 heavy (non-hydrogen) atoms. The first-order valence-corrected chi connectivity index (χ1v) is 6.12. The molecule has 3 unspecified atom stereocenters. The number of rotatable bonds is 6. The molecule has 1 aliphatic carbocycles. The smallest absolute Gasteiger partial charge is 0.0297 e. The quantitative estimate of drug-likeness (QED) is 0.561. The van der Waals surface area contributed by atoms with Gasteiger partial charge in [-0.25, -0.2) is 0 Å². The highest BCUT2D eigenvalue weighted by molar-refractivity contribution is 4.97. The van der Waals surface area contributed by atoms with E-state index in [4.69, 9.17) is 0 Å². The fraction of sp³-hybridized carbons (Fsp3) is 1.00. The molecule has 0 aromatic rings. The van der Waals surface area contributed by atoms with E-state index in [0.717, 1.165) is 17.3 Å². The Morgan fingerprint density at radius 3 is 2.54 bits per heavy atom. The summed E-state index contributed by atoms with van der Waals surface area (Å²) in [7, 11) is 0. The SMILES string of the molecule is CCC(C)CCCC1CC1(C)CC. The summed E-state index contributed by atoms with van der Waals surface area (Å²) in [5.41, 5.74) is 0.745. The molecule has 1 saturated carbocycles. The van der Waals surface area contributed by atoms with Gasteiger partial charge in [0.1, 0.15) is 0 Å². The lowest BCUT2D eigenvalue weighted by molar-refractivity contribution is 0.425. The Morgan fingerprint density at radius 2 is 2.08 bits per heavy atom. The molecular formula is C13H26. The van der Waals surface area contributed by atoms with Gasteiger partial charge in [0.05, 0.1) is 0 Å². The van der Waals surface area contributed by atoms with Gasteiger partial charge in [-0.2, -0.15) is 0 Å². The lowest BCUT2D eigenvalue weighted by Gasteiger charge is -2.09. The van der Waals surface area contributed by atoms with Gasteiger partial charge in [-0.05, 0) is 30.1 Å². The highest BCUT2D eigenvalue weighted by Gasteiger charge is 2.47. The zero-order chi connectivity index (χ0) is 9.90. The first-order chi connectivity index (χ1) is 6.12. The minimum Gasteiger partial charge on any atom is -0.0651 e. The third-order valence-electron chi connectivity index (χ3n) is 4.29. The maximum absolute atomic E-state index is 2.46. The largest absolute Gasteiger partial charge is 0.0651 e. The topological polar surface area (TPSA) is 0 Å². The Morgan fingerprint density at radius 1 is 1.38 bits per heavy atom. The predicted molar refractivity (Wildman–Crippen MR) is 59.8 cm³/mol. The van der Waals surface area contributed by atoms with Gasteiger partial charge >= 0.3 is 0 Å². The summed E-state index contributed by atoms with van der Waals surface area (Å²) in [4.78, 5) is 0. The Bertz CT molecular complexity index is 150. The molecule has 78 valence electrons. The van der Waals surface area contributed by atoms with Crippen molar-refractivity contribution in [2.45, 2.75) is 66.2 Å². The molecule has 1 aliphatic rings. The normalized spacial score (nSPS) is 34.6. The van der Waals surface area contributed by atoms with Crippen molar-refractivity contribution < 1.29 is 0 Å². The van der Waals surface area contributed by atoms with E-state index in [9.17, 15) is 0 Å². The van der Waals surface area contributed by atoms with E-state index in [2.05, 4.69) is 27.7 Å². The van der Waals surface area contributed by atoms with Crippen LogP contribution in [0.25, 0.3) is 0 Å². The summed E-state index contributed by atoms with van der Waals surface area (Å²) in [5, 5.41) is 0. The van der Waals surface area contributed by atoms with Crippen molar-refractivity contribution in [2.24, 2.45) is 17.3 Å². The lowest BCUT2D eigenvalue weighted by Crippen LogP contribution is -1.97. The minimum atomic E-state index is 0.745. The highest BCUT2D eigenvalue weighted by Crippen LogP contribution is 2.57. The summed E-state index contributed by atoms with van der Waals surface area (Å²) < 4.78 is 0. The second-order valence-corrected chi connectivity index (χ2v) is 5.35. The zero-order valence-electron chi connectivity index (χ0n) is 9.90. The molecule has 0 spiro atoms. The molecule has 0 heterocycles. The predicted octanol–water partition coefficient (Wildman–Crippen LogP) is 4.64. The van der Waals surface area contributed by atoms with Gasteiger partial charge in [0, 0.05) is 0 Å². The average Bonchev–Trinajstić information content (AvgIpc) is 2.78. The first kappa shape index (κ1) is 11.1. The highest BCUT2D eigenvalue weighted by atomic mass is 14.5. The van der Waals surface area contributed by atoms with E-state index in [-0.39, 0.29) is 0 Å². The van der Waals surface area contributed by atoms with Gasteiger partial charge in [0.25, 0.3) is 0 Å². The van der Waals surface area contributed by atoms with Crippen molar-refractivity contribution in [3.63, 3.8) is 0 Å². The Balaban J connectivity index is 2.03. The first-order valence-electron chi connectivity index (χ1n) is 6.12. The third-order valence-corrected chi connectivity index (χ3v) is 4.29. The minimum absolute atomic E-state index is 0.745. The van der Waals surface area contributed by atoms with Gasteiger partial charge in [-0.15, -0.1) is 0 Å². The van der Waals surface area contributed by atoms with Crippen molar-refractivity contribution in [3.05, 3.63) is 0 Å². The zero-order valence-corrected chi connectivity index (χ0v) is 9.90. The van der Waals surface area contributed by atoms with E-state index >= 15 is 0 Å². The van der Waals surface area contributed by atoms with E-state index in [1.807, 2.05) is 0 Å². The fourth-order valence-corrected chi connectivity index (χ4v) is 2.30. The second-order valence-electron chi connectivity index (χ2n) is 5.35. The average molecular weight is 182 g/mol. The monoisotopic (exact) mass is 182 g/mol. The Labute approximate surface area is 84.1 Å². The summed E-state index contributed by atoms with van der Waals surface area (Å²) in [6.07, 6.45) is 8.66. The second kappa shape index (κ2) is 4.48. The molecule has 0 radical (unpaired) electrons. The van der Waals surface area contributed by atoms with Crippen LogP contribution in [0.4, 0.5) is 0 Å². The van der Waals surface area contributed by atoms with Crippen LogP contribution in [0.5, 0.6) is 0 Å². The van der Waals surface area contributed by atoms with Crippen molar-refractivity contribution >= 4 is 0 Å². The van der Waals surface area contributed by atoms with Crippen LogP contribution in [0.3, 0.4) is 0 Å². The van der Waals surface area contributed by atoms with Crippen LogP contribution in [0.15, 0.2) is 0 Å². The molecule has 0 aromatic heterocycles. The van der Waals surface area contributed by atoms with Crippen LogP contribution in [0, 0.1) is 17.3 Å². The summed E-state index contributed by atoms with van der Waals surface area (Å²) >= 11 is 0. The van der Waals surface area contributed by atoms with Crippen LogP contribution in [0.1, 0.15) is 66.2 Å². The molecule has 3 atom stereocenters. The van der Waals surface area contributed by atoms with Crippen LogP contribution in [-0.2, 0) is 0 Å². The molecular weight excluding hydrogens is 156 g/mol. The lowest BCUT2D eigenvalue weighted by atomic mass is 9.96. The van der Waals surface area contributed by atoms with Crippen molar-refractivity contribution in [2.75, 3.05) is 0 Å². The fourth-order valence-electron chi connectivity index (χ4n) is 2.30. The van der Waals surface area contributed by atoms with Gasteiger partial charge in [-0.3, -0.25) is 0 Å². The molecule has 1 rings (SSSR count). The van der Waals surface area contributed by atoms with Crippen LogP contribution in [0.2, 0.25) is 0 Å². The van der Waals surface area contributed by atoms with E-state index in [1.54, 1.807) is 0 Å². The van der Waals surface area contributed by atoms with E-state index in [0.29, 0.717) is 0 Å². The molecule has 0 aliphatic heterocycles. The number of hydrogen-bond acceptors (Lipinski definition) is 0. The van der Waals surface area contributed by atoms with E-state index < -0.39 is 0 Å². The van der Waals surface area contributed by atoms with Gasteiger partial charge in [-0.1, -0.05) is 53.4 Å². The summed E-state index contributed by atoms with van der Waals surface area (Å²) in [6, 6.07) is 0. The molecule has 0 amide bonds. The third kappa shape index (κ3) is 3.00. The molecule has 0 saturated heterocycles. The van der Waals surface area contributed by atoms with Gasteiger partial charge in [0.2, 0.25) is 0 Å². The van der Waals surface area contributed by atoms with Crippen molar-refractivity contribution in [1.29, 1.82) is 0 Å². The molecule has 0 nitrogen and oxygen atoms in total. The van der Waals surface area contributed by atoms with Gasteiger partial charge in [0.15, 0.2) is 0 Å².